The molecule has 2 N–H and O–H groups in total. The van der Waals surface area contributed by atoms with E-state index < -0.39 is 11.9 Å². The number of hydrogen-bond donors (Lipinski definition) is 2. The van der Waals surface area contributed by atoms with E-state index in [1.165, 1.54) is 36.4 Å². The molecular weight excluding hydrogens is 375 g/mol. The maximum atomic E-state index is 13.3. The second-order valence-electron chi connectivity index (χ2n) is 6.54. The summed E-state index contributed by atoms with van der Waals surface area (Å²) in [6.45, 7) is 0.388. The zero-order valence-corrected chi connectivity index (χ0v) is 15.0. The zero-order chi connectivity index (χ0) is 20.5. The number of carboxylic acids is 2. The van der Waals surface area contributed by atoms with Gasteiger partial charge >= 0.3 is 11.9 Å². The first-order valence-corrected chi connectivity index (χ1v) is 8.74. The maximum absolute atomic E-state index is 13.3. The van der Waals surface area contributed by atoms with E-state index in [2.05, 4.69) is 4.98 Å². The van der Waals surface area contributed by atoms with E-state index in [1.807, 2.05) is 4.57 Å². The van der Waals surface area contributed by atoms with Crippen LogP contribution < -0.4 is 0 Å². The van der Waals surface area contributed by atoms with Gasteiger partial charge in [0.1, 0.15) is 11.6 Å². The topological polar surface area (TPSA) is 92.4 Å². The van der Waals surface area contributed by atoms with Crippen molar-refractivity contribution in [3.05, 3.63) is 89.2 Å². The lowest BCUT2D eigenvalue weighted by Gasteiger charge is -2.10. The number of hydrogen-bond acceptors (Lipinski definition) is 3. The fourth-order valence-electron chi connectivity index (χ4n) is 3.18. The van der Waals surface area contributed by atoms with E-state index in [0.29, 0.717) is 23.4 Å². The minimum Gasteiger partial charge on any atom is -0.478 e. The number of rotatable bonds is 5. The molecule has 0 atom stereocenters. The molecule has 0 aliphatic carbocycles. The van der Waals surface area contributed by atoms with Crippen LogP contribution in [0, 0.1) is 5.82 Å². The van der Waals surface area contributed by atoms with Gasteiger partial charge in [0.2, 0.25) is 0 Å². The van der Waals surface area contributed by atoms with Gasteiger partial charge < -0.3 is 14.8 Å². The number of nitrogens with zero attached hydrogens (tertiary/aromatic N) is 2. The molecule has 0 radical (unpaired) electrons. The van der Waals surface area contributed by atoms with Gasteiger partial charge in [0.25, 0.3) is 0 Å². The summed E-state index contributed by atoms with van der Waals surface area (Å²) in [5, 5.41) is 18.4. The van der Waals surface area contributed by atoms with Gasteiger partial charge in [0.15, 0.2) is 0 Å². The number of carbonyl (C=O) groups is 2. The summed E-state index contributed by atoms with van der Waals surface area (Å²) in [7, 11) is 0. The first kappa shape index (κ1) is 18.4. The largest absolute Gasteiger partial charge is 0.478 e. The van der Waals surface area contributed by atoms with Crippen molar-refractivity contribution in [1.29, 1.82) is 0 Å². The lowest BCUT2D eigenvalue weighted by Crippen LogP contribution is -2.03. The van der Waals surface area contributed by atoms with Crippen molar-refractivity contribution in [1.82, 2.24) is 9.55 Å². The molecule has 144 valence electrons. The van der Waals surface area contributed by atoms with Gasteiger partial charge in [-0.25, -0.2) is 19.0 Å². The number of benzene rings is 3. The summed E-state index contributed by atoms with van der Waals surface area (Å²) in [5.74, 6) is -1.85. The van der Waals surface area contributed by atoms with E-state index in [0.717, 1.165) is 11.1 Å². The van der Waals surface area contributed by atoms with Crippen molar-refractivity contribution in [2.24, 2.45) is 0 Å². The van der Waals surface area contributed by atoms with Crippen LogP contribution in [0.25, 0.3) is 22.4 Å². The fraction of sp³-hybridized carbons (Fsp3) is 0.0455. The summed E-state index contributed by atoms with van der Waals surface area (Å²) in [5.41, 5.74) is 3.03. The normalized spacial score (nSPS) is 10.9. The van der Waals surface area contributed by atoms with Crippen LogP contribution >= 0.6 is 0 Å². The van der Waals surface area contributed by atoms with Gasteiger partial charge in [-0.1, -0.05) is 24.3 Å². The highest BCUT2D eigenvalue weighted by molar-refractivity contribution is 5.93. The molecule has 1 aromatic heterocycles. The van der Waals surface area contributed by atoms with Crippen LogP contribution in [0.4, 0.5) is 4.39 Å². The Morgan fingerprint density at radius 3 is 2.10 bits per heavy atom. The molecule has 0 saturated carbocycles. The molecular formula is C22H15FN2O4. The highest BCUT2D eigenvalue weighted by atomic mass is 19.1. The Bertz CT molecular complexity index is 1230. The van der Waals surface area contributed by atoms with E-state index in [9.17, 15) is 19.1 Å². The molecule has 0 spiro atoms. The van der Waals surface area contributed by atoms with Crippen molar-refractivity contribution in [2.75, 3.05) is 0 Å². The van der Waals surface area contributed by atoms with E-state index in [4.69, 9.17) is 5.11 Å². The monoisotopic (exact) mass is 390 g/mol. The average molecular weight is 390 g/mol. The second-order valence-corrected chi connectivity index (χ2v) is 6.54. The quantitative estimate of drug-likeness (QED) is 0.530. The Labute approximate surface area is 164 Å². The van der Waals surface area contributed by atoms with Gasteiger partial charge in [0.05, 0.1) is 22.2 Å². The predicted octanol–water partition coefficient (Wildman–Crippen LogP) is 4.29. The SMILES string of the molecule is O=C(O)c1ccc(-c2nc3cc(C(=O)O)ccc3n2Cc2ccc(F)cc2)cc1. The second kappa shape index (κ2) is 7.20. The molecule has 0 unspecified atom stereocenters. The molecule has 29 heavy (non-hydrogen) atoms. The Hall–Kier alpha value is -4.00. The van der Waals surface area contributed by atoms with E-state index in [-0.39, 0.29) is 16.9 Å². The number of aromatic carboxylic acids is 2. The number of aromatic nitrogens is 2. The molecule has 4 aromatic rings. The van der Waals surface area contributed by atoms with Gasteiger partial charge in [-0.2, -0.15) is 0 Å². The van der Waals surface area contributed by atoms with Crippen LogP contribution in [0.15, 0.2) is 66.7 Å². The lowest BCUT2D eigenvalue weighted by atomic mass is 10.1. The lowest BCUT2D eigenvalue weighted by molar-refractivity contribution is 0.0686. The summed E-state index contributed by atoms with van der Waals surface area (Å²) < 4.78 is 15.2. The van der Waals surface area contributed by atoms with Crippen molar-refractivity contribution >= 4 is 23.0 Å². The molecule has 0 aliphatic rings. The Morgan fingerprint density at radius 2 is 1.48 bits per heavy atom. The van der Waals surface area contributed by atoms with Crippen molar-refractivity contribution < 1.29 is 24.2 Å². The Balaban J connectivity index is 1.87. The van der Waals surface area contributed by atoms with Crippen LogP contribution in [0.5, 0.6) is 0 Å². The molecule has 7 heteroatoms. The number of halogens is 1. The smallest absolute Gasteiger partial charge is 0.335 e. The van der Waals surface area contributed by atoms with E-state index in [1.54, 1.807) is 30.3 Å². The number of carboxylic acid groups (broad SMARTS) is 2. The standard InChI is InChI=1S/C22H15FN2O4/c23-17-8-1-13(2-9-17)12-25-19-10-7-16(22(28)29)11-18(19)24-20(25)14-3-5-15(6-4-14)21(26)27/h1-11H,12H2,(H,26,27)(H,28,29). The van der Waals surface area contributed by atoms with Crippen molar-refractivity contribution in [3.8, 4) is 11.4 Å². The summed E-state index contributed by atoms with van der Waals surface area (Å²) in [6, 6.07) is 17.1. The molecule has 1 heterocycles. The summed E-state index contributed by atoms with van der Waals surface area (Å²) in [4.78, 5) is 27.0. The third-order valence-electron chi connectivity index (χ3n) is 4.64. The molecule has 3 aromatic carbocycles. The molecule has 0 fully saturated rings. The highest BCUT2D eigenvalue weighted by Crippen LogP contribution is 2.27. The minimum atomic E-state index is -1.05. The molecule has 6 nitrogen and oxygen atoms in total. The zero-order valence-electron chi connectivity index (χ0n) is 15.0. The first-order chi connectivity index (χ1) is 13.9. The van der Waals surface area contributed by atoms with Crippen LogP contribution in [0.1, 0.15) is 26.3 Å². The summed E-state index contributed by atoms with van der Waals surface area (Å²) in [6.07, 6.45) is 0. The molecule has 0 saturated heterocycles. The van der Waals surface area contributed by atoms with Crippen LogP contribution in [0.3, 0.4) is 0 Å². The van der Waals surface area contributed by atoms with Crippen LogP contribution in [-0.2, 0) is 6.54 Å². The molecule has 0 aliphatic heterocycles. The molecule has 0 amide bonds. The van der Waals surface area contributed by atoms with Gasteiger partial charge in [-0.05, 0) is 48.0 Å². The number of fused-ring (bicyclic) bond motifs is 1. The first-order valence-electron chi connectivity index (χ1n) is 8.74. The molecule has 4 rings (SSSR count). The Morgan fingerprint density at radius 1 is 0.862 bits per heavy atom. The highest BCUT2D eigenvalue weighted by Gasteiger charge is 2.16. The van der Waals surface area contributed by atoms with Gasteiger partial charge in [-0.3, -0.25) is 0 Å². The summed E-state index contributed by atoms with van der Waals surface area (Å²) >= 11 is 0. The van der Waals surface area contributed by atoms with Crippen LogP contribution in [-0.4, -0.2) is 31.7 Å². The predicted molar refractivity (Wildman–Crippen MR) is 105 cm³/mol. The number of imidazole rings is 1. The minimum absolute atomic E-state index is 0.122. The Kier molecular flexibility index (Phi) is 4.56. The van der Waals surface area contributed by atoms with Crippen molar-refractivity contribution in [3.63, 3.8) is 0 Å². The average Bonchev–Trinajstić information content (AvgIpc) is 3.07. The van der Waals surface area contributed by atoms with Crippen LogP contribution in [0.2, 0.25) is 0 Å². The van der Waals surface area contributed by atoms with Crippen molar-refractivity contribution in [2.45, 2.75) is 6.54 Å². The third-order valence-corrected chi connectivity index (χ3v) is 4.64. The maximum Gasteiger partial charge on any atom is 0.335 e. The van der Waals surface area contributed by atoms with Gasteiger partial charge in [-0.15, -0.1) is 0 Å². The third kappa shape index (κ3) is 3.58. The molecule has 0 bridgehead atoms. The van der Waals surface area contributed by atoms with E-state index >= 15 is 0 Å². The van der Waals surface area contributed by atoms with Gasteiger partial charge in [0, 0.05) is 12.1 Å². The fourth-order valence-corrected chi connectivity index (χ4v) is 3.18.